The molecule has 23 heavy (non-hydrogen) atoms. The Labute approximate surface area is 144 Å². The van der Waals surface area contributed by atoms with E-state index in [0.29, 0.717) is 0 Å². The normalized spacial score (nSPS) is 17.5. The Morgan fingerprint density at radius 1 is 0.870 bits per heavy atom. The molecule has 1 atom stereocenters. The summed E-state index contributed by atoms with van der Waals surface area (Å²) in [5.41, 5.74) is 5.84. The molecule has 0 aromatic heterocycles. The first kappa shape index (κ1) is 16.6. The molecule has 1 heterocycles. The molecule has 1 saturated heterocycles. The van der Waals surface area contributed by atoms with E-state index in [1.54, 1.807) is 0 Å². The molecule has 0 spiro atoms. The second-order valence-corrected chi connectivity index (χ2v) is 7.72. The summed E-state index contributed by atoms with van der Waals surface area (Å²) in [6.07, 6.45) is 5.91. The number of benzene rings is 2. The first-order valence-electron chi connectivity index (χ1n) is 8.81. The van der Waals surface area contributed by atoms with Gasteiger partial charge < -0.3 is 5.32 Å². The van der Waals surface area contributed by atoms with Gasteiger partial charge in [0.1, 0.15) is 0 Å². The van der Waals surface area contributed by atoms with Crippen molar-refractivity contribution in [3.63, 3.8) is 0 Å². The molecule has 0 amide bonds. The van der Waals surface area contributed by atoms with Crippen molar-refractivity contribution in [2.24, 2.45) is 0 Å². The van der Waals surface area contributed by atoms with Gasteiger partial charge >= 0.3 is 0 Å². The van der Waals surface area contributed by atoms with E-state index in [4.69, 9.17) is 0 Å². The van der Waals surface area contributed by atoms with Gasteiger partial charge in [-0.05, 0) is 54.4 Å². The van der Waals surface area contributed by atoms with Gasteiger partial charge in [0.15, 0.2) is 0 Å². The summed E-state index contributed by atoms with van der Waals surface area (Å²) < 4.78 is 0. The van der Waals surface area contributed by atoms with E-state index in [9.17, 15) is 0 Å². The van der Waals surface area contributed by atoms with Crippen molar-refractivity contribution >= 4 is 11.8 Å². The van der Waals surface area contributed by atoms with Crippen LogP contribution in [0.25, 0.3) is 0 Å². The highest BCUT2D eigenvalue weighted by Gasteiger charge is 2.14. The molecular formula is C21H27NS. The molecule has 0 aliphatic carbocycles. The summed E-state index contributed by atoms with van der Waals surface area (Å²) >= 11 is 2.04. The number of rotatable bonds is 7. The van der Waals surface area contributed by atoms with E-state index in [1.165, 1.54) is 47.9 Å². The van der Waals surface area contributed by atoms with Crippen LogP contribution in [-0.4, -0.2) is 17.7 Å². The third-order valence-electron chi connectivity index (χ3n) is 4.64. The first-order chi connectivity index (χ1) is 11.3. The maximum Gasteiger partial charge on any atom is 0.0421 e. The Morgan fingerprint density at radius 3 is 1.96 bits per heavy atom. The fourth-order valence-corrected chi connectivity index (χ4v) is 4.15. The fourth-order valence-electron chi connectivity index (χ4n) is 3.13. The number of nitrogens with one attached hydrogen (secondary N) is 1. The van der Waals surface area contributed by atoms with Crippen molar-refractivity contribution in [1.82, 2.24) is 5.32 Å². The lowest BCUT2D eigenvalue weighted by Crippen LogP contribution is -2.14. The third kappa shape index (κ3) is 5.12. The molecule has 1 nitrogen and oxygen atoms in total. The van der Waals surface area contributed by atoms with Crippen molar-refractivity contribution in [1.29, 1.82) is 0 Å². The van der Waals surface area contributed by atoms with Crippen LogP contribution in [0, 0.1) is 0 Å². The lowest BCUT2D eigenvalue weighted by molar-refractivity contribution is 0.768. The molecule has 0 unspecified atom stereocenters. The van der Waals surface area contributed by atoms with E-state index in [1.807, 2.05) is 11.8 Å². The molecule has 2 heteroatoms. The van der Waals surface area contributed by atoms with Gasteiger partial charge in [-0.1, -0.05) is 55.5 Å². The summed E-state index contributed by atoms with van der Waals surface area (Å²) in [5.74, 6) is 1.11. The molecule has 1 fully saturated rings. The zero-order chi connectivity index (χ0) is 15.9. The van der Waals surface area contributed by atoms with Crippen molar-refractivity contribution in [2.45, 2.75) is 44.3 Å². The molecule has 1 aliphatic heterocycles. The SMILES string of the molecule is CCc1ccc(CCCc2ccc(C[C@@H]3CNCS3)cc2)cc1. The summed E-state index contributed by atoms with van der Waals surface area (Å²) in [6, 6.07) is 18.4. The summed E-state index contributed by atoms with van der Waals surface area (Å²) in [6.45, 7) is 3.36. The number of hydrogen-bond acceptors (Lipinski definition) is 2. The van der Waals surface area contributed by atoms with Crippen LogP contribution in [0.5, 0.6) is 0 Å². The van der Waals surface area contributed by atoms with Crippen LogP contribution in [0.1, 0.15) is 35.6 Å². The number of thioether (sulfide) groups is 1. The highest BCUT2D eigenvalue weighted by molar-refractivity contribution is 8.00. The fraction of sp³-hybridized carbons (Fsp3) is 0.429. The Morgan fingerprint density at radius 2 is 1.43 bits per heavy atom. The Kier molecular flexibility index (Phi) is 6.18. The zero-order valence-electron chi connectivity index (χ0n) is 14.1. The summed E-state index contributed by atoms with van der Waals surface area (Å²) in [7, 11) is 0. The number of hydrogen-bond donors (Lipinski definition) is 1. The topological polar surface area (TPSA) is 12.0 Å². The minimum atomic E-state index is 0.756. The third-order valence-corrected chi connectivity index (χ3v) is 5.82. The van der Waals surface area contributed by atoms with Crippen molar-refractivity contribution < 1.29 is 0 Å². The van der Waals surface area contributed by atoms with Gasteiger partial charge in [-0.25, -0.2) is 0 Å². The van der Waals surface area contributed by atoms with Crippen molar-refractivity contribution in [3.05, 3.63) is 70.8 Å². The smallest absolute Gasteiger partial charge is 0.0421 e. The minimum Gasteiger partial charge on any atom is -0.307 e. The second-order valence-electron chi connectivity index (χ2n) is 6.43. The van der Waals surface area contributed by atoms with Crippen LogP contribution in [0.2, 0.25) is 0 Å². The van der Waals surface area contributed by atoms with Crippen molar-refractivity contribution in [3.8, 4) is 0 Å². The van der Waals surface area contributed by atoms with Gasteiger partial charge in [0.2, 0.25) is 0 Å². The van der Waals surface area contributed by atoms with E-state index < -0.39 is 0 Å². The molecule has 3 rings (SSSR count). The maximum absolute atomic E-state index is 3.42. The highest BCUT2D eigenvalue weighted by Crippen LogP contribution is 2.20. The molecule has 0 saturated carbocycles. The van der Waals surface area contributed by atoms with Gasteiger partial charge in [-0.15, -0.1) is 11.8 Å². The van der Waals surface area contributed by atoms with Gasteiger partial charge in [0, 0.05) is 17.7 Å². The molecule has 0 radical (unpaired) electrons. The molecule has 0 bridgehead atoms. The second kappa shape index (κ2) is 8.56. The van der Waals surface area contributed by atoms with Crippen LogP contribution < -0.4 is 5.32 Å². The maximum atomic E-state index is 3.42. The van der Waals surface area contributed by atoms with Gasteiger partial charge in [-0.2, -0.15) is 0 Å². The van der Waals surface area contributed by atoms with E-state index >= 15 is 0 Å². The van der Waals surface area contributed by atoms with Gasteiger partial charge in [-0.3, -0.25) is 0 Å². The predicted octanol–water partition coefficient (Wildman–Crippen LogP) is 4.63. The summed E-state index contributed by atoms with van der Waals surface area (Å²) in [4.78, 5) is 0. The molecule has 1 aliphatic rings. The van der Waals surface area contributed by atoms with Crippen molar-refractivity contribution in [2.75, 3.05) is 12.4 Å². The lowest BCUT2D eigenvalue weighted by Gasteiger charge is -2.09. The average Bonchev–Trinajstić information content (AvgIpc) is 3.10. The Balaban J connectivity index is 1.44. The Hall–Kier alpha value is -1.25. The highest BCUT2D eigenvalue weighted by atomic mass is 32.2. The molecule has 1 N–H and O–H groups in total. The molecular weight excluding hydrogens is 298 g/mol. The molecule has 2 aromatic rings. The number of aryl methyl sites for hydroxylation is 3. The Bertz CT molecular complexity index is 582. The predicted molar refractivity (Wildman–Crippen MR) is 102 cm³/mol. The van der Waals surface area contributed by atoms with Gasteiger partial charge in [0.05, 0.1) is 0 Å². The van der Waals surface area contributed by atoms with Crippen LogP contribution >= 0.6 is 11.8 Å². The first-order valence-corrected chi connectivity index (χ1v) is 9.86. The summed E-state index contributed by atoms with van der Waals surface area (Å²) in [5, 5.41) is 4.17. The zero-order valence-corrected chi connectivity index (χ0v) is 14.9. The average molecular weight is 326 g/mol. The van der Waals surface area contributed by atoms with Gasteiger partial charge in [0.25, 0.3) is 0 Å². The lowest BCUT2D eigenvalue weighted by atomic mass is 10.0. The molecule has 2 aromatic carbocycles. The largest absolute Gasteiger partial charge is 0.307 e. The standard InChI is InChI=1S/C21H27NS/c1-2-17-6-8-18(9-7-17)4-3-5-19-10-12-20(13-11-19)14-21-15-22-16-23-21/h6-13,21-22H,2-5,14-16H2,1H3/t21-/m1/s1. The molecule has 122 valence electrons. The minimum absolute atomic E-state index is 0.756. The van der Waals surface area contributed by atoms with Crippen LogP contribution in [-0.2, 0) is 25.7 Å². The van der Waals surface area contributed by atoms with E-state index in [0.717, 1.165) is 24.1 Å². The quantitative estimate of drug-likeness (QED) is 0.796. The van der Waals surface area contributed by atoms with Crippen LogP contribution in [0.4, 0.5) is 0 Å². The van der Waals surface area contributed by atoms with Crippen LogP contribution in [0.15, 0.2) is 48.5 Å². The monoisotopic (exact) mass is 325 g/mol. The van der Waals surface area contributed by atoms with Crippen LogP contribution in [0.3, 0.4) is 0 Å². The van der Waals surface area contributed by atoms with E-state index in [-0.39, 0.29) is 0 Å². The van der Waals surface area contributed by atoms with E-state index in [2.05, 4.69) is 60.8 Å².